The molecule has 0 aliphatic carbocycles. The number of aryl methyl sites for hydroxylation is 2. The second kappa shape index (κ2) is 8.28. The van der Waals surface area contributed by atoms with Gasteiger partial charge in [-0.3, -0.25) is 4.79 Å². The molecule has 2 N–H and O–H groups in total. The molecule has 2 heterocycles. The van der Waals surface area contributed by atoms with Gasteiger partial charge in [0.25, 0.3) is 5.91 Å². The molecule has 0 aliphatic rings. The van der Waals surface area contributed by atoms with Crippen LogP contribution < -0.4 is 5.43 Å². The molecule has 0 aliphatic heterocycles. The number of anilines is 1. The van der Waals surface area contributed by atoms with Gasteiger partial charge in [-0.2, -0.15) is 15.2 Å². The molecule has 3 rings (SSSR count). The van der Waals surface area contributed by atoms with E-state index in [-0.39, 0.29) is 11.7 Å². The maximum absolute atomic E-state index is 12.2. The average Bonchev–Trinajstić information content (AvgIpc) is 3.19. The SMILES string of the molecule is Cc1cc(C)n(C(=O)CSc2n[nH]c(N/N=C\c3cccc(Br)c3)n2)n1. The van der Waals surface area contributed by atoms with Gasteiger partial charge in [-0.15, -0.1) is 5.10 Å². The summed E-state index contributed by atoms with van der Waals surface area (Å²) in [6.07, 6.45) is 1.67. The van der Waals surface area contributed by atoms with Crippen LogP contribution in [0.5, 0.6) is 0 Å². The monoisotopic (exact) mass is 433 g/mol. The largest absolute Gasteiger partial charge is 0.272 e. The molecule has 0 amide bonds. The summed E-state index contributed by atoms with van der Waals surface area (Å²) < 4.78 is 2.38. The van der Waals surface area contributed by atoms with Crippen molar-refractivity contribution in [3.8, 4) is 0 Å². The molecule has 26 heavy (non-hydrogen) atoms. The molecule has 2 aromatic heterocycles. The summed E-state index contributed by atoms with van der Waals surface area (Å²) in [6.45, 7) is 3.70. The number of halogens is 1. The second-order valence-corrected chi connectivity index (χ2v) is 7.27. The van der Waals surface area contributed by atoms with Crippen LogP contribution in [0.2, 0.25) is 0 Å². The van der Waals surface area contributed by atoms with Gasteiger partial charge in [-0.25, -0.2) is 15.2 Å². The Balaban J connectivity index is 1.53. The fourth-order valence-electron chi connectivity index (χ4n) is 2.18. The maximum Gasteiger partial charge on any atom is 0.257 e. The van der Waals surface area contributed by atoms with E-state index in [9.17, 15) is 4.79 Å². The first kappa shape index (κ1) is 18.3. The van der Waals surface area contributed by atoms with E-state index in [0.717, 1.165) is 21.4 Å². The number of aromatic nitrogens is 5. The van der Waals surface area contributed by atoms with Crippen molar-refractivity contribution in [1.29, 1.82) is 0 Å². The van der Waals surface area contributed by atoms with Gasteiger partial charge in [-0.05, 0) is 37.6 Å². The lowest BCUT2D eigenvalue weighted by molar-refractivity contribution is 0.0924. The Hall–Kier alpha value is -2.46. The summed E-state index contributed by atoms with van der Waals surface area (Å²) in [6, 6.07) is 9.60. The fraction of sp³-hybridized carbons (Fsp3) is 0.188. The highest BCUT2D eigenvalue weighted by atomic mass is 79.9. The number of hydrazone groups is 1. The van der Waals surface area contributed by atoms with Crippen LogP contribution in [0.15, 0.2) is 45.1 Å². The number of nitrogens with one attached hydrogen (secondary N) is 2. The van der Waals surface area contributed by atoms with Crippen LogP contribution in [0.4, 0.5) is 5.95 Å². The fourth-order valence-corrected chi connectivity index (χ4v) is 3.24. The molecule has 1 aromatic carbocycles. The van der Waals surface area contributed by atoms with Crippen molar-refractivity contribution in [3.63, 3.8) is 0 Å². The third-order valence-electron chi connectivity index (χ3n) is 3.27. The van der Waals surface area contributed by atoms with Crippen molar-refractivity contribution < 1.29 is 4.79 Å². The number of H-pyrrole nitrogens is 1. The molecular weight excluding hydrogens is 418 g/mol. The van der Waals surface area contributed by atoms with E-state index < -0.39 is 0 Å². The van der Waals surface area contributed by atoms with E-state index in [0.29, 0.717) is 11.1 Å². The molecule has 0 spiro atoms. The number of hydrogen-bond acceptors (Lipinski definition) is 7. The van der Waals surface area contributed by atoms with Crippen molar-refractivity contribution in [1.82, 2.24) is 25.0 Å². The number of thioether (sulfide) groups is 1. The zero-order valence-corrected chi connectivity index (χ0v) is 16.5. The minimum absolute atomic E-state index is 0.118. The molecule has 10 heteroatoms. The number of benzene rings is 1. The van der Waals surface area contributed by atoms with E-state index in [2.05, 4.69) is 46.7 Å². The molecule has 0 unspecified atom stereocenters. The molecule has 8 nitrogen and oxygen atoms in total. The molecular formula is C16H16BrN7OS. The van der Waals surface area contributed by atoms with Crippen LogP contribution in [-0.4, -0.2) is 42.8 Å². The number of carbonyl (C=O) groups excluding carboxylic acids is 1. The first-order valence-electron chi connectivity index (χ1n) is 7.67. The van der Waals surface area contributed by atoms with E-state index >= 15 is 0 Å². The molecule has 0 radical (unpaired) electrons. The summed E-state index contributed by atoms with van der Waals surface area (Å²) in [5.41, 5.74) is 5.34. The van der Waals surface area contributed by atoms with Crippen molar-refractivity contribution in [2.24, 2.45) is 5.10 Å². The van der Waals surface area contributed by atoms with Crippen LogP contribution in [0.3, 0.4) is 0 Å². The average molecular weight is 434 g/mol. The van der Waals surface area contributed by atoms with Crippen molar-refractivity contribution in [2.45, 2.75) is 19.0 Å². The van der Waals surface area contributed by atoms with E-state index in [1.165, 1.54) is 16.4 Å². The van der Waals surface area contributed by atoms with Gasteiger partial charge in [-0.1, -0.05) is 39.8 Å². The first-order valence-corrected chi connectivity index (χ1v) is 9.45. The molecule has 0 saturated carbocycles. The summed E-state index contributed by atoms with van der Waals surface area (Å²) in [7, 11) is 0. The highest BCUT2D eigenvalue weighted by molar-refractivity contribution is 9.10. The minimum Gasteiger partial charge on any atom is -0.272 e. The van der Waals surface area contributed by atoms with Crippen LogP contribution in [0.25, 0.3) is 0 Å². The van der Waals surface area contributed by atoms with Crippen LogP contribution in [-0.2, 0) is 0 Å². The predicted octanol–water partition coefficient (Wildman–Crippen LogP) is 3.26. The number of nitrogens with zero attached hydrogens (tertiary/aromatic N) is 5. The van der Waals surface area contributed by atoms with Gasteiger partial charge in [0.1, 0.15) is 0 Å². The van der Waals surface area contributed by atoms with Crippen LogP contribution >= 0.6 is 27.7 Å². The molecule has 3 aromatic rings. The molecule has 134 valence electrons. The maximum atomic E-state index is 12.2. The number of carbonyl (C=O) groups is 1. The standard InChI is InChI=1S/C16H16BrN7OS/c1-10-6-11(2)24(23-10)14(25)9-26-16-19-15(21-22-16)20-18-8-12-4-3-5-13(17)7-12/h3-8H,9H2,1-2H3,(H2,19,20,21,22)/b18-8-. The van der Waals surface area contributed by atoms with E-state index in [4.69, 9.17) is 0 Å². The molecule has 0 saturated heterocycles. The Morgan fingerprint density at radius 3 is 3.00 bits per heavy atom. The number of aromatic amines is 1. The number of rotatable bonds is 6. The Labute approximate surface area is 162 Å². The zero-order chi connectivity index (χ0) is 18.5. The second-order valence-electron chi connectivity index (χ2n) is 5.41. The van der Waals surface area contributed by atoms with Crippen LogP contribution in [0, 0.1) is 13.8 Å². The minimum atomic E-state index is -0.118. The molecule has 0 atom stereocenters. The van der Waals surface area contributed by atoms with Crippen molar-refractivity contribution in [3.05, 3.63) is 51.8 Å². The lowest BCUT2D eigenvalue weighted by Gasteiger charge is -2.00. The topological polar surface area (TPSA) is 101 Å². The van der Waals surface area contributed by atoms with E-state index in [1.54, 1.807) is 6.21 Å². The highest BCUT2D eigenvalue weighted by Crippen LogP contribution is 2.15. The molecule has 0 fully saturated rings. The van der Waals surface area contributed by atoms with Gasteiger partial charge >= 0.3 is 0 Å². The van der Waals surface area contributed by atoms with Crippen LogP contribution in [0.1, 0.15) is 21.7 Å². The zero-order valence-electron chi connectivity index (χ0n) is 14.1. The van der Waals surface area contributed by atoms with Gasteiger partial charge in [0.15, 0.2) is 0 Å². The molecule has 0 bridgehead atoms. The third kappa shape index (κ3) is 4.79. The van der Waals surface area contributed by atoms with E-state index in [1.807, 2.05) is 44.2 Å². The van der Waals surface area contributed by atoms with Crippen molar-refractivity contribution >= 4 is 45.8 Å². The number of hydrogen-bond donors (Lipinski definition) is 2. The normalized spacial score (nSPS) is 11.2. The first-order chi connectivity index (χ1) is 12.5. The quantitative estimate of drug-likeness (QED) is 0.351. The van der Waals surface area contributed by atoms with Gasteiger partial charge in [0.2, 0.25) is 11.1 Å². The summed E-state index contributed by atoms with van der Waals surface area (Å²) in [4.78, 5) is 16.4. The summed E-state index contributed by atoms with van der Waals surface area (Å²) in [5, 5.41) is 15.5. The lowest BCUT2D eigenvalue weighted by atomic mass is 10.2. The Morgan fingerprint density at radius 2 is 2.27 bits per heavy atom. The Bertz CT molecular complexity index is 950. The summed E-state index contributed by atoms with van der Waals surface area (Å²) in [5.74, 6) is 0.477. The predicted molar refractivity (Wildman–Crippen MR) is 105 cm³/mol. The third-order valence-corrected chi connectivity index (χ3v) is 4.59. The van der Waals surface area contributed by atoms with Gasteiger partial charge in [0.05, 0.1) is 17.7 Å². The van der Waals surface area contributed by atoms with Gasteiger partial charge < -0.3 is 0 Å². The lowest BCUT2D eigenvalue weighted by Crippen LogP contribution is -2.16. The highest BCUT2D eigenvalue weighted by Gasteiger charge is 2.12. The Kier molecular flexibility index (Phi) is 5.84. The summed E-state index contributed by atoms with van der Waals surface area (Å²) >= 11 is 4.64. The Morgan fingerprint density at radius 1 is 1.42 bits per heavy atom. The smallest absolute Gasteiger partial charge is 0.257 e. The van der Waals surface area contributed by atoms with Crippen molar-refractivity contribution in [2.75, 3.05) is 11.2 Å². The van der Waals surface area contributed by atoms with Gasteiger partial charge in [0, 0.05) is 10.2 Å².